The van der Waals surface area contributed by atoms with Crippen molar-refractivity contribution in [3.63, 3.8) is 0 Å². The van der Waals surface area contributed by atoms with Crippen LogP contribution in [0.2, 0.25) is 0 Å². The van der Waals surface area contributed by atoms with Gasteiger partial charge in [-0.1, -0.05) is 6.92 Å². The van der Waals surface area contributed by atoms with Gasteiger partial charge in [-0.05, 0) is 38.0 Å². The average molecular weight is 223 g/mol. The molecule has 2 nitrogen and oxygen atoms in total. The number of hydrogen-bond donors (Lipinski definition) is 1. The third-order valence-corrected chi connectivity index (χ3v) is 3.31. The Kier molecular flexibility index (Phi) is 7.29. The third kappa shape index (κ3) is 6.15. The summed E-state index contributed by atoms with van der Waals surface area (Å²) in [6, 6.07) is 0.727. The summed E-state index contributed by atoms with van der Waals surface area (Å²) in [5.41, 5.74) is 0. The molecule has 1 aliphatic rings. The topological polar surface area (TPSA) is 21.3 Å². The van der Waals surface area contributed by atoms with Crippen LogP contribution in [0.25, 0.3) is 0 Å². The molecule has 16 heavy (non-hydrogen) atoms. The van der Waals surface area contributed by atoms with Crippen LogP contribution in [0.3, 0.4) is 0 Å². The molecule has 2 heteroatoms. The van der Waals surface area contributed by atoms with Crippen LogP contribution in [0.1, 0.15) is 45.4 Å². The molecule has 1 fully saturated rings. The summed E-state index contributed by atoms with van der Waals surface area (Å²) in [7, 11) is 0. The molecule has 0 aliphatic heterocycles. The Morgan fingerprint density at radius 3 is 2.69 bits per heavy atom. The Labute approximate surface area is 100 Å². The van der Waals surface area contributed by atoms with Crippen molar-refractivity contribution in [2.45, 2.75) is 51.5 Å². The van der Waals surface area contributed by atoms with Crippen LogP contribution in [-0.2, 0) is 4.74 Å². The van der Waals surface area contributed by atoms with E-state index in [2.05, 4.69) is 18.2 Å². The normalized spacial score (nSPS) is 25.2. The Morgan fingerprint density at radius 1 is 1.25 bits per heavy atom. The highest BCUT2D eigenvalue weighted by Crippen LogP contribution is 2.23. The highest BCUT2D eigenvalue weighted by atomic mass is 16.5. The maximum Gasteiger partial charge on any atom is 0.0591 e. The van der Waals surface area contributed by atoms with Crippen LogP contribution in [0.15, 0.2) is 0 Å². The van der Waals surface area contributed by atoms with Gasteiger partial charge in [-0.15, -0.1) is 12.3 Å². The second-order valence-electron chi connectivity index (χ2n) is 4.83. The first kappa shape index (κ1) is 13.5. The standard InChI is InChI=1S/C14H25NO/c1-3-4-5-11-16-12-10-15-14-8-6-13(2)7-9-14/h1,13-15H,4-12H2,2H3. The van der Waals surface area contributed by atoms with Crippen molar-refractivity contribution in [3.05, 3.63) is 0 Å². The molecular weight excluding hydrogens is 198 g/mol. The number of terminal acetylenes is 1. The zero-order valence-electron chi connectivity index (χ0n) is 10.5. The Morgan fingerprint density at radius 2 is 2.00 bits per heavy atom. The zero-order chi connectivity index (χ0) is 11.6. The Bertz CT molecular complexity index is 201. The minimum atomic E-state index is 0.727. The van der Waals surface area contributed by atoms with E-state index in [0.717, 1.165) is 44.6 Å². The molecular formula is C14H25NO. The van der Waals surface area contributed by atoms with Gasteiger partial charge in [-0.3, -0.25) is 0 Å². The molecule has 0 bridgehead atoms. The summed E-state index contributed by atoms with van der Waals surface area (Å²) in [5, 5.41) is 3.57. The van der Waals surface area contributed by atoms with Crippen LogP contribution in [0.4, 0.5) is 0 Å². The summed E-state index contributed by atoms with van der Waals surface area (Å²) in [5.74, 6) is 3.55. The molecule has 0 radical (unpaired) electrons. The molecule has 0 amide bonds. The summed E-state index contributed by atoms with van der Waals surface area (Å²) in [6.07, 6.45) is 12.4. The van der Waals surface area contributed by atoms with Gasteiger partial charge in [0.05, 0.1) is 6.61 Å². The van der Waals surface area contributed by atoms with E-state index < -0.39 is 0 Å². The molecule has 0 spiro atoms. The number of hydrogen-bond acceptors (Lipinski definition) is 2. The van der Waals surface area contributed by atoms with Crippen LogP contribution in [-0.4, -0.2) is 25.8 Å². The highest BCUT2D eigenvalue weighted by Gasteiger charge is 2.16. The van der Waals surface area contributed by atoms with Gasteiger partial charge >= 0.3 is 0 Å². The van der Waals surface area contributed by atoms with Gasteiger partial charge in [-0.2, -0.15) is 0 Å². The number of unbranched alkanes of at least 4 members (excludes halogenated alkanes) is 1. The maximum absolute atomic E-state index is 5.49. The zero-order valence-corrected chi connectivity index (χ0v) is 10.5. The number of nitrogens with one attached hydrogen (secondary N) is 1. The van der Waals surface area contributed by atoms with E-state index in [9.17, 15) is 0 Å². The van der Waals surface area contributed by atoms with Crippen molar-refractivity contribution < 1.29 is 4.74 Å². The van der Waals surface area contributed by atoms with Crippen molar-refractivity contribution in [1.29, 1.82) is 0 Å². The minimum absolute atomic E-state index is 0.727. The third-order valence-electron chi connectivity index (χ3n) is 3.31. The largest absolute Gasteiger partial charge is 0.380 e. The molecule has 0 aromatic carbocycles. The molecule has 1 rings (SSSR count). The summed E-state index contributed by atoms with van der Waals surface area (Å²) < 4.78 is 5.49. The lowest BCUT2D eigenvalue weighted by molar-refractivity contribution is 0.130. The van der Waals surface area contributed by atoms with E-state index in [4.69, 9.17) is 11.2 Å². The fourth-order valence-electron chi connectivity index (χ4n) is 2.18. The van der Waals surface area contributed by atoms with E-state index in [-0.39, 0.29) is 0 Å². The van der Waals surface area contributed by atoms with Gasteiger partial charge in [0, 0.05) is 25.6 Å². The number of ether oxygens (including phenoxy) is 1. The molecule has 0 unspecified atom stereocenters. The van der Waals surface area contributed by atoms with Crippen molar-refractivity contribution in [2.75, 3.05) is 19.8 Å². The van der Waals surface area contributed by atoms with Gasteiger partial charge in [0.15, 0.2) is 0 Å². The van der Waals surface area contributed by atoms with Crippen molar-refractivity contribution >= 4 is 0 Å². The molecule has 0 heterocycles. The summed E-state index contributed by atoms with van der Waals surface area (Å²) in [6.45, 7) is 4.95. The first-order valence-electron chi connectivity index (χ1n) is 6.57. The van der Waals surface area contributed by atoms with Crippen LogP contribution < -0.4 is 5.32 Å². The molecule has 0 saturated heterocycles. The predicted octanol–water partition coefficient (Wildman–Crippen LogP) is 2.58. The fourth-order valence-corrected chi connectivity index (χ4v) is 2.18. The number of rotatable bonds is 7. The molecule has 0 aromatic heterocycles. The van der Waals surface area contributed by atoms with E-state index in [1.54, 1.807) is 0 Å². The first-order valence-corrected chi connectivity index (χ1v) is 6.57. The SMILES string of the molecule is C#CCCCOCCNC1CCC(C)CC1. The minimum Gasteiger partial charge on any atom is -0.380 e. The van der Waals surface area contributed by atoms with Gasteiger partial charge in [-0.25, -0.2) is 0 Å². The summed E-state index contributed by atoms with van der Waals surface area (Å²) in [4.78, 5) is 0. The fraction of sp³-hybridized carbons (Fsp3) is 0.857. The van der Waals surface area contributed by atoms with Crippen molar-refractivity contribution in [2.24, 2.45) is 5.92 Å². The second kappa shape index (κ2) is 8.61. The lowest BCUT2D eigenvalue weighted by atomic mass is 9.87. The monoisotopic (exact) mass is 223 g/mol. The maximum atomic E-state index is 5.49. The molecule has 1 N–H and O–H groups in total. The molecule has 1 saturated carbocycles. The molecule has 0 aromatic rings. The van der Waals surface area contributed by atoms with Crippen LogP contribution in [0, 0.1) is 18.3 Å². The van der Waals surface area contributed by atoms with E-state index in [0.29, 0.717) is 0 Å². The lowest BCUT2D eigenvalue weighted by Crippen LogP contribution is -2.34. The lowest BCUT2D eigenvalue weighted by Gasteiger charge is -2.26. The highest BCUT2D eigenvalue weighted by molar-refractivity contribution is 4.82. The van der Waals surface area contributed by atoms with Crippen LogP contribution >= 0.6 is 0 Å². The van der Waals surface area contributed by atoms with Gasteiger partial charge in [0.1, 0.15) is 0 Å². The van der Waals surface area contributed by atoms with Crippen molar-refractivity contribution in [3.8, 4) is 12.3 Å². The van der Waals surface area contributed by atoms with Crippen LogP contribution in [0.5, 0.6) is 0 Å². The Balaban J connectivity index is 1.86. The van der Waals surface area contributed by atoms with Gasteiger partial charge in [0.2, 0.25) is 0 Å². The predicted molar refractivity (Wildman–Crippen MR) is 68.3 cm³/mol. The molecule has 0 atom stereocenters. The summed E-state index contributed by atoms with van der Waals surface area (Å²) >= 11 is 0. The van der Waals surface area contributed by atoms with E-state index in [1.165, 1.54) is 25.7 Å². The Hall–Kier alpha value is -0.520. The molecule has 1 aliphatic carbocycles. The first-order chi connectivity index (χ1) is 7.83. The van der Waals surface area contributed by atoms with Gasteiger partial charge in [0.25, 0.3) is 0 Å². The smallest absolute Gasteiger partial charge is 0.0591 e. The van der Waals surface area contributed by atoms with Crippen molar-refractivity contribution in [1.82, 2.24) is 5.32 Å². The quantitative estimate of drug-likeness (QED) is 0.529. The van der Waals surface area contributed by atoms with Gasteiger partial charge < -0.3 is 10.1 Å². The van der Waals surface area contributed by atoms with E-state index in [1.807, 2.05) is 0 Å². The second-order valence-corrected chi connectivity index (χ2v) is 4.83. The van der Waals surface area contributed by atoms with E-state index >= 15 is 0 Å². The average Bonchev–Trinajstić information content (AvgIpc) is 2.30. The molecule has 92 valence electrons.